The predicted molar refractivity (Wildman–Crippen MR) is 68.6 cm³/mol. The van der Waals surface area contributed by atoms with E-state index in [9.17, 15) is 22.6 Å². The van der Waals surface area contributed by atoms with E-state index in [2.05, 4.69) is 10.1 Å². The molecule has 0 spiro atoms. The molecule has 0 aliphatic carbocycles. The van der Waals surface area contributed by atoms with Crippen molar-refractivity contribution in [3.8, 4) is 0 Å². The van der Waals surface area contributed by atoms with E-state index in [4.69, 9.17) is 5.73 Å². The van der Waals surface area contributed by atoms with E-state index >= 15 is 0 Å². The van der Waals surface area contributed by atoms with Crippen molar-refractivity contribution in [2.45, 2.75) is 31.8 Å². The van der Waals surface area contributed by atoms with Gasteiger partial charge in [-0.25, -0.2) is 17.5 Å². The molecule has 10 nitrogen and oxygen atoms in total. The average Bonchev–Trinajstić information content (AvgIpc) is 2.28. The van der Waals surface area contributed by atoms with Crippen LogP contribution < -0.4 is 17.2 Å². The summed E-state index contributed by atoms with van der Waals surface area (Å²) in [6, 6.07) is -1.47. The molecule has 1 aliphatic heterocycles. The lowest BCUT2D eigenvalue weighted by Gasteiger charge is -2.36. The Labute approximate surface area is 117 Å². The summed E-state index contributed by atoms with van der Waals surface area (Å²) in [6.07, 6.45) is -0.798. The fourth-order valence-corrected chi connectivity index (χ4v) is 2.67. The van der Waals surface area contributed by atoms with Crippen molar-refractivity contribution in [3.05, 3.63) is 0 Å². The van der Waals surface area contributed by atoms with E-state index in [1.54, 1.807) is 0 Å². The third kappa shape index (κ3) is 4.59. The van der Waals surface area contributed by atoms with Crippen LogP contribution in [-0.2, 0) is 19.8 Å². The molecule has 11 heteroatoms. The largest absolute Gasteiger partial charge is 0.731 e. The lowest BCUT2D eigenvalue weighted by atomic mass is 10.0. The van der Waals surface area contributed by atoms with Crippen molar-refractivity contribution < 1.29 is 27.3 Å². The number of nitrogens with one attached hydrogen (secondary N) is 1. The molecule has 1 rings (SSSR count). The number of carbonyl (C=O) groups excluding carboxylic acids is 2. The highest BCUT2D eigenvalue weighted by Crippen LogP contribution is 2.17. The van der Waals surface area contributed by atoms with Crippen LogP contribution in [0.1, 0.15) is 19.8 Å². The van der Waals surface area contributed by atoms with Crippen LogP contribution in [0.3, 0.4) is 0 Å². The summed E-state index contributed by atoms with van der Waals surface area (Å²) in [4.78, 5) is 22.4. The van der Waals surface area contributed by atoms with Gasteiger partial charge in [0.15, 0.2) is 10.3 Å². The maximum Gasteiger partial charge on any atom is 0.423 e. The number of rotatable bonds is 4. The van der Waals surface area contributed by atoms with Crippen molar-refractivity contribution in [1.82, 2.24) is 15.8 Å². The number of nitrogens with two attached hydrogens (primary N) is 1. The van der Waals surface area contributed by atoms with Gasteiger partial charge in [0.1, 0.15) is 0 Å². The summed E-state index contributed by atoms with van der Waals surface area (Å²) in [7, 11) is -4.97. The van der Waals surface area contributed by atoms with Gasteiger partial charge < -0.3 is 26.5 Å². The molecule has 0 saturated carbocycles. The Morgan fingerprint density at radius 2 is 2.05 bits per heavy atom. The highest BCUT2D eigenvalue weighted by Gasteiger charge is 2.34. The SMILES string of the molecule is CCOC(=O)N([C@@H]1CC[C@@H](C(N)=O)NC1)S(=O)(=O)[O-].[NH4+]. The topological polar surface area (TPSA) is 178 Å². The van der Waals surface area contributed by atoms with Gasteiger partial charge in [0.05, 0.1) is 18.7 Å². The molecule has 7 N–H and O–H groups in total. The number of ether oxygens (including phenoxy) is 1. The number of hydrogen-bond acceptors (Lipinski definition) is 7. The van der Waals surface area contributed by atoms with Gasteiger partial charge in [-0.2, -0.15) is 0 Å². The van der Waals surface area contributed by atoms with Crippen LogP contribution in [0.15, 0.2) is 0 Å². The first kappa shape index (κ1) is 18.6. The second kappa shape index (κ2) is 7.38. The molecule has 1 aliphatic rings. The zero-order valence-electron chi connectivity index (χ0n) is 11.4. The molecule has 118 valence electrons. The smallest absolute Gasteiger partial charge is 0.423 e. The van der Waals surface area contributed by atoms with Crippen LogP contribution in [0.25, 0.3) is 0 Å². The number of nitrogens with zero attached hydrogens (tertiary/aromatic N) is 1. The van der Waals surface area contributed by atoms with Gasteiger partial charge in [0, 0.05) is 6.54 Å². The third-order valence-corrected chi connectivity index (χ3v) is 3.68. The molecule has 1 fully saturated rings. The first-order chi connectivity index (χ1) is 8.77. The highest BCUT2D eigenvalue weighted by molar-refractivity contribution is 7.83. The van der Waals surface area contributed by atoms with E-state index in [0.717, 1.165) is 0 Å². The average molecular weight is 312 g/mol. The summed E-state index contributed by atoms with van der Waals surface area (Å²) < 4.78 is 38.1. The van der Waals surface area contributed by atoms with Gasteiger partial charge >= 0.3 is 6.09 Å². The summed E-state index contributed by atoms with van der Waals surface area (Å²) in [6.45, 7) is 1.43. The lowest BCUT2D eigenvalue weighted by Crippen LogP contribution is -2.56. The molecule has 0 aromatic rings. The number of carbonyl (C=O) groups is 2. The summed E-state index contributed by atoms with van der Waals surface area (Å²) >= 11 is 0. The van der Waals surface area contributed by atoms with E-state index in [1.807, 2.05) is 0 Å². The fraction of sp³-hybridized carbons (Fsp3) is 0.778. The minimum atomic E-state index is -4.97. The van der Waals surface area contributed by atoms with Crippen molar-refractivity contribution in [3.63, 3.8) is 0 Å². The van der Waals surface area contributed by atoms with Crippen LogP contribution in [0.4, 0.5) is 4.79 Å². The van der Waals surface area contributed by atoms with Crippen LogP contribution in [0.5, 0.6) is 0 Å². The Morgan fingerprint density at radius 1 is 1.45 bits per heavy atom. The van der Waals surface area contributed by atoms with Crippen LogP contribution >= 0.6 is 0 Å². The van der Waals surface area contributed by atoms with Crippen molar-refractivity contribution >= 4 is 22.3 Å². The Hall–Kier alpha value is -1.43. The molecule has 2 amide bonds. The highest BCUT2D eigenvalue weighted by atomic mass is 32.2. The summed E-state index contributed by atoms with van der Waals surface area (Å²) in [5.74, 6) is -0.564. The molecule has 1 saturated heterocycles. The van der Waals surface area contributed by atoms with Gasteiger partial charge in [0.2, 0.25) is 5.91 Å². The number of piperidine rings is 1. The lowest BCUT2D eigenvalue weighted by molar-refractivity contribution is -0.120. The summed E-state index contributed by atoms with van der Waals surface area (Å²) in [5.41, 5.74) is 5.10. The second-order valence-electron chi connectivity index (χ2n) is 4.05. The van der Waals surface area contributed by atoms with Gasteiger partial charge in [-0.15, -0.1) is 0 Å². The van der Waals surface area contributed by atoms with E-state index in [-0.39, 0.29) is 36.4 Å². The Bertz CT molecular complexity index is 445. The second-order valence-corrected chi connectivity index (χ2v) is 5.30. The minimum Gasteiger partial charge on any atom is -0.731 e. The molecule has 0 radical (unpaired) electrons. The van der Waals surface area contributed by atoms with Crippen LogP contribution in [-0.4, -0.2) is 54.5 Å². The van der Waals surface area contributed by atoms with Crippen molar-refractivity contribution in [2.75, 3.05) is 13.2 Å². The van der Waals surface area contributed by atoms with Crippen LogP contribution in [0, 0.1) is 0 Å². The number of quaternary nitrogens is 1. The molecule has 1 heterocycles. The predicted octanol–water partition coefficient (Wildman–Crippen LogP) is -1.11. The van der Waals surface area contributed by atoms with Crippen molar-refractivity contribution in [2.24, 2.45) is 5.73 Å². The van der Waals surface area contributed by atoms with Gasteiger partial charge in [-0.05, 0) is 19.8 Å². The van der Waals surface area contributed by atoms with Gasteiger partial charge in [0.25, 0.3) is 0 Å². The molecule has 0 aromatic heterocycles. The van der Waals surface area contributed by atoms with Crippen molar-refractivity contribution in [1.29, 1.82) is 0 Å². The number of primary amides is 1. The fourth-order valence-electron chi connectivity index (χ4n) is 1.89. The zero-order chi connectivity index (χ0) is 14.6. The van der Waals surface area contributed by atoms with Crippen LogP contribution in [0.2, 0.25) is 0 Å². The molecular formula is C9H20N4O6S. The molecular weight excluding hydrogens is 292 g/mol. The van der Waals surface area contributed by atoms with Gasteiger partial charge in [-0.3, -0.25) is 4.79 Å². The quantitative estimate of drug-likeness (QED) is 0.550. The maximum absolute atomic E-state index is 11.5. The molecule has 20 heavy (non-hydrogen) atoms. The standard InChI is InChI=1S/C9H17N3O6S.H3N/c1-2-18-9(14)12(19(15,16)17)6-3-4-7(8(10)13)11-5-6;/h6-7,11H,2-5H2,1H3,(H2,10,13)(H,15,16,17);1H3/t6-,7+;/m1./s1. The number of amides is 2. The molecule has 0 unspecified atom stereocenters. The minimum absolute atomic E-state index is 0. The molecule has 0 aromatic carbocycles. The normalized spacial score (nSPS) is 22.5. The van der Waals surface area contributed by atoms with Gasteiger partial charge in [-0.1, -0.05) is 0 Å². The van der Waals surface area contributed by atoms with E-state index < -0.39 is 34.4 Å². The Kier molecular flexibility index (Phi) is 6.85. The molecule has 2 atom stereocenters. The Balaban J connectivity index is 0.00000361. The first-order valence-corrected chi connectivity index (χ1v) is 7.08. The van der Waals surface area contributed by atoms with E-state index in [1.165, 1.54) is 6.92 Å². The van der Waals surface area contributed by atoms with E-state index in [0.29, 0.717) is 0 Å². The molecule has 0 bridgehead atoms. The first-order valence-electron chi connectivity index (χ1n) is 5.72. The zero-order valence-corrected chi connectivity index (χ0v) is 12.2. The summed E-state index contributed by atoms with van der Waals surface area (Å²) in [5, 5.41) is 2.69. The monoisotopic (exact) mass is 312 g/mol. The maximum atomic E-state index is 11.5. The Morgan fingerprint density at radius 3 is 2.40 bits per heavy atom. The third-order valence-electron chi connectivity index (χ3n) is 2.75. The number of hydrogen-bond donors (Lipinski definition) is 3.